The van der Waals surface area contributed by atoms with Crippen molar-refractivity contribution in [2.45, 2.75) is 39.8 Å². The van der Waals surface area contributed by atoms with Gasteiger partial charge in [0.1, 0.15) is 12.1 Å². The van der Waals surface area contributed by atoms with E-state index in [1.54, 1.807) is 20.8 Å². The molecule has 0 aliphatic rings. The molecular formula is C13H25N3O5. The van der Waals surface area contributed by atoms with E-state index in [9.17, 15) is 14.4 Å². The van der Waals surface area contributed by atoms with E-state index >= 15 is 0 Å². The molecule has 0 aliphatic heterocycles. The highest BCUT2D eigenvalue weighted by Gasteiger charge is 2.33. The van der Waals surface area contributed by atoms with Crippen LogP contribution in [0.3, 0.4) is 0 Å². The first-order valence-electron chi connectivity index (χ1n) is 6.66. The zero-order chi connectivity index (χ0) is 16.6. The number of nitrogens with one attached hydrogen (secondary N) is 3. The molecule has 0 saturated heterocycles. The summed E-state index contributed by atoms with van der Waals surface area (Å²) in [6, 6.07) is -2.54. The predicted molar refractivity (Wildman–Crippen MR) is 76.9 cm³/mol. The van der Waals surface area contributed by atoms with Gasteiger partial charge in [-0.2, -0.15) is 0 Å². The minimum atomic E-state index is -1.13. The van der Waals surface area contributed by atoms with E-state index in [1.807, 2.05) is 0 Å². The highest BCUT2D eigenvalue weighted by molar-refractivity contribution is 5.88. The Balaban J connectivity index is 4.41. The lowest BCUT2D eigenvalue weighted by atomic mass is 9.87. The van der Waals surface area contributed by atoms with Crippen LogP contribution >= 0.6 is 0 Å². The Morgan fingerprint density at radius 3 is 2.19 bits per heavy atom. The van der Waals surface area contributed by atoms with E-state index < -0.39 is 29.5 Å². The third-order valence-corrected chi connectivity index (χ3v) is 2.73. The topological polar surface area (TPSA) is 117 Å². The second-order valence-corrected chi connectivity index (χ2v) is 5.76. The molecule has 0 rings (SSSR count). The predicted octanol–water partition coefficient (Wildman–Crippen LogP) is -0.0640. The molecule has 2 atom stereocenters. The Kier molecular flexibility index (Phi) is 7.72. The van der Waals surface area contributed by atoms with Crippen molar-refractivity contribution in [2.24, 2.45) is 5.41 Å². The Hall–Kier alpha value is -1.83. The van der Waals surface area contributed by atoms with Gasteiger partial charge >= 0.3 is 12.0 Å². The summed E-state index contributed by atoms with van der Waals surface area (Å²) < 4.78 is 4.79. The molecule has 0 saturated carbocycles. The lowest BCUT2D eigenvalue weighted by Gasteiger charge is -2.28. The average molecular weight is 303 g/mol. The van der Waals surface area contributed by atoms with Crippen LogP contribution in [0.5, 0.6) is 0 Å². The zero-order valence-corrected chi connectivity index (χ0v) is 13.1. The molecule has 122 valence electrons. The van der Waals surface area contributed by atoms with Gasteiger partial charge in [0, 0.05) is 13.7 Å². The lowest BCUT2D eigenvalue weighted by Crippen LogP contribution is -2.55. The quantitative estimate of drug-likeness (QED) is 0.491. The Morgan fingerprint density at radius 2 is 1.76 bits per heavy atom. The minimum absolute atomic E-state index is 0.336. The van der Waals surface area contributed by atoms with Crippen molar-refractivity contribution in [3.8, 4) is 0 Å². The van der Waals surface area contributed by atoms with E-state index in [4.69, 9.17) is 9.84 Å². The first-order valence-corrected chi connectivity index (χ1v) is 6.66. The van der Waals surface area contributed by atoms with Crippen LogP contribution in [0, 0.1) is 5.41 Å². The van der Waals surface area contributed by atoms with Gasteiger partial charge in [0.25, 0.3) is 0 Å². The van der Waals surface area contributed by atoms with E-state index in [2.05, 4.69) is 16.0 Å². The molecule has 1 unspecified atom stereocenters. The maximum Gasteiger partial charge on any atom is 0.326 e. The fourth-order valence-electron chi connectivity index (χ4n) is 1.51. The highest BCUT2D eigenvalue weighted by atomic mass is 16.5. The van der Waals surface area contributed by atoms with E-state index in [0.29, 0.717) is 13.2 Å². The van der Waals surface area contributed by atoms with Crippen molar-refractivity contribution in [1.29, 1.82) is 0 Å². The summed E-state index contributed by atoms with van der Waals surface area (Å²) in [5.74, 6) is -1.50. The molecule has 4 N–H and O–H groups in total. The third-order valence-electron chi connectivity index (χ3n) is 2.73. The van der Waals surface area contributed by atoms with Crippen LogP contribution in [-0.4, -0.2) is 55.4 Å². The van der Waals surface area contributed by atoms with Crippen LogP contribution in [-0.2, 0) is 14.3 Å². The van der Waals surface area contributed by atoms with Crippen molar-refractivity contribution in [1.82, 2.24) is 16.0 Å². The standard InChI is InChI=1S/C13H25N3O5/c1-8(10(17)14-6-7-21-5)15-12(20)16-9(11(18)19)13(2,3)4/h8-9H,6-7H2,1-5H3,(H,14,17)(H,18,19)(H2,15,16,20)/t8?,9-/m0/s1. The van der Waals surface area contributed by atoms with Gasteiger partial charge < -0.3 is 25.8 Å². The van der Waals surface area contributed by atoms with Crippen molar-refractivity contribution in [3.05, 3.63) is 0 Å². The highest BCUT2D eigenvalue weighted by Crippen LogP contribution is 2.19. The molecule has 0 bridgehead atoms. The number of aliphatic carboxylic acids is 1. The molecule has 0 aromatic rings. The normalized spacial score (nSPS) is 14.0. The fraction of sp³-hybridized carbons (Fsp3) is 0.769. The van der Waals surface area contributed by atoms with Crippen LogP contribution in [0.1, 0.15) is 27.7 Å². The Morgan fingerprint density at radius 1 is 1.19 bits per heavy atom. The molecule has 0 aliphatic carbocycles. The molecule has 21 heavy (non-hydrogen) atoms. The van der Waals surface area contributed by atoms with Crippen molar-refractivity contribution >= 4 is 17.9 Å². The number of rotatable bonds is 7. The van der Waals surface area contributed by atoms with Gasteiger partial charge in [-0.3, -0.25) is 4.79 Å². The van der Waals surface area contributed by atoms with Gasteiger partial charge in [-0.05, 0) is 12.3 Å². The molecule has 8 nitrogen and oxygen atoms in total. The molecule has 0 radical (unpaired) electrons. The van der Waals surface area contributed by atoms with Crippen LogP contribution in [0.25, 0.3) is 0 Å². The van der Waals surface area contributed by atoms with Gasteiger partial charge in [0.2, 0.25) is 5.91 Å². The summed E-state index contributed by atoms with van der Waals surface area (Å²) in [6.07, 6.45) is 0. The van der Waals surface area contributed by atoms with Crippen molar-refractivity contribution < 1.29 is 24.2 Å². The Labute approximate surface area is 124 Å². The smallest absolute Gasteiger partial charge is 0.326 e. The second kappa shape index (κ2) is 8.46. The number of ether oxygens (including phenoxy) is 1. The van der Waals surface area contributed by atoms with Gasteiger partial charge in [0.05, 0.1) is 6.61 Å². The summed E-state index contributed by atoms with van der Waals surface area (Å²) in [5.41, 5.74) is -0.646. The Bertz CT molecular complexity index is 378. The summed E-state index contributed by atoms with van der Waals surface area (Å²) in [5, 5.41) is 16.4. The molecule has 0 aromatic heterocycles. The second-order valence-electron chi connectivity index (χ2n) is 5.76. The number of methoxy groups -OCH3 is 1. The van der Waals surface area contributed by atoms with Crippen LogP contribution < -0.4 is 16.0 Å². The number of carboxylic acids is 1. The molecular weight excluding hydrogens is 278 g/mol. The van der Waals surface area contributed by atoms with Crippen molar-refractivity contribution in [3.63, 3.8) is 0 Å². The van der Waals surface area contributed by atoms with E-state index in [1.165, 1.54) is 14.0 Å². The first kappa shape index (κ1) is 19.2. The third kappa shape index (κ3) is 7.50. The number of hydrogen-bond donors (Lipinski definition) is 4. The van der Waals surface area contributed by atoms with Crippen LogP contribution in [0.15, 0.2) is 0 Å². The van der Waals surface area contributed by atoms with Crippen LogP contribution in [0.4, 0.5) is 4.79 Å². The number of carboxylic acid groups (broad SMARTS) is 1. The van der Waals surface area contributed by atoms with Crippen molar-refractivity contribution in [2.75, 3.05) is 20.3 Å². The maximum absolute atomic E-state index is 11.8. The molecule has 0 aromatic carbocycles. The van der Waals surface area contributed by atoms with Gasteiger partial charge in [-0.1, -0.05) is 20.8 Å². The number of urea groups is 1. The van der Waals surface area contributed by atoms with Crippen LogP contribution in [0.2, 0.25) is 0 Å². The lowest BCUT2D eigenvalue weighted by molar-refractivity contribution is -0.141. The number of carbonyl (C=O) groups is 3. The summed E-state index contributed by atoms with van der Waals surface area (Å²) >= 11 is 0. The summed E-state index contributed by atoms with van der Waals surface area (Å²) in [4.78, 5) is 34.5. The fourth-order valence-corrected chi connectivity index (χ4v) is 1.51. The number of hydrogen-bond acceptors (Lipinski definition) is 4. The molecule has 0 heterocycles. The first-order chi connectivity index (χ1) is 9.59. The molecule has 0 spiro atoms. The SMILES string of the molecule is COCCNC(=O)C(C)NC(=O)N[C@@H](C(=O)O)C(C)(C)C. The number of amides is 3. The molecule has 8 heteroatoms. The number of carbonyl (C=O) groups excluding carboxylic acids is 2. The largest absolute Gasteiger partial charge is 0.480 e. The van der Waals surface area contributed by atoms with Gasteiger partial charge in [-0.15, -0.1) is 0 Å². The molecule has 0 fully saturated rings. The zero-order valence-electron chi connectivity index (χ0n) is 13.1. The van der Waals surface area contributed by atoms with E-state index in [0.717, 1.165) is 0 Å². The minimum Gasteiger partial charge on any atom is -0.480 e. The summed E-state index contributed by atoms with van der Waals surface area (Å²) in [7, 11) is 1.51. The monoisotopic (exact) mass is 303 g/mol. The summed E-state index contributed by atoms with van der Waals surface area (Å²) in [6.45, 7) is 7.32. The maximum atomic E-state index is 11.8. The van der Waals surface area contributed by atoms with E-state index in [-0.39, 0.29) is 5.91 Å². The average Bonchev–Trinajstić information content (AvgIpc) is 2.34. The van der Waals surface area contributed by atoms with Gasteiger partial charge in [-0.25, -0.2) is 9.59 Å². The molecule has 3 amide bonds. The van der Waals surface area contributed by atoms with Gasteiger partial charge in [0.15, 0.2) is 0 Å².